The smallest absolute Gasteiger partial charge is 0.345 e. The van der Waals surface area contributed by atoms with E-state index in [0.717, 1.165) is 42.3 Å². The molecular weight excluding hydrogens is 611 g/mol. The van der Waals surface area contributed by atoms with E-state index in [1.54, 1.807) is 54.6 Å². The molecule has 248 valence electrons. The van der Waals surface area contributed by atoms with Gasteiger partial charge in [0.05, 0.1) is 17.1 Å². The number of hydrogen-bond donors (Lipinski definition) is 2. The molecule has 1 unspecified atom stereocenters. The third-order valence-electron chi connectivity index (χ3n) is 8.49. The molecule has 0 radical (unpaired) electrons. The van der Waals surface area contributed by atoms with E-state index >= 15 is 0 Å². The van der Waals surface area contributed by atoms with Gasteiger partial charge >= 0.3 is 6.18 Å². The van der Waals surface area contributed by atoms with Gasteiger partial charge in [-0.15, -0.1) is 0 Å². The van der Waals surface area contributed by atoms with E-state index in [0.29, 0.717) is 33.6 Å². The van der Waals surface area contributed by atoms with Crippen LogP contribution in [0.4, 0.5) is 19.0 Å². The molecule has 1 aromatic heterocycles. The number of nitrogens with one attached hydrogen (secondary N) is 2. The number of carbonyl (C=O) groups excluding carboxylic acids is 2. The van der Waals surface area contributed by atoms with E-state index in [-0.39, 0.29) is 11.9 Å². The summed E-state index contributed by atoms with van der Waals surface area (Å²) in [5.74, 6) is -0.294. The highest BCUT2D eigenvalue weighted by atomic mass is 19.4. The fourth-order valence-corrected chi connectivity index (χ4v) is 5.85. The van der Waals surface area contributed by atoms with Gasteiger partial charge in [-0.2, -0.15) is 13.2 Å². The predicted octanol–water partition coefficient (Wildman–Crippen LogP) is 10.8. The van der Waals surface area contributed by atoms with Gasteiger partial charge in [-0.1, -0.05) is 113 Å². The Morgan fingerprint density at radius 1 is 0.729 bits per heavy atom. The van der Waals surface area contributed by atoms with Crippen molar-refractivity contribution in [3.8, 4) is 11.1 Å². The second-order valence-electron chi connectivity index (χ2n) is 12.0. The van der Waals surface area contributed by atoms with Gasteiger partial charge in [0.25, 0.3) is 11.8 Å². The molecule has 5 nitrogen and oxygen atoms in total. The highest BCUT2D eigenvalue weighted by Gasteiger charge is 2.30. The Balaban J connectivity index is 1.25. The molecule has 0 aliphatic rings. The quantitative estimate of drug-likeness (QED) is 0.117. The minimum absolute atomic E-state index is 0.0915. The van der Waals surface area contributed by atoms with Crippen LogP contribution in [-0.2, 0) is 6.18 Å². The van der Waals surface area contributed by atoms with Gasteiger partial charge in [-0.25, -0.2) is 4.98 Å². The highest BCUT2D eigenvalue weighted by Crippen LogP contribution is 2.32. The Morgan fingerprint density at radius 2 is 1.42 bits per heavy atom. The van der Waals surface area contributed by atoms with Crippen LogP contribution in [0, 0.1) is 0 Å². The zero-order valence-corrected chi connectivity index (χ0v) is 27.0. The van der Waals surface area contributed by atoms with Crippen LogP contribution in [0.25, 0.3) is 22.0 Å². The SMILES string of the molecule is CCCCCCCCCC(NC(=O)c1ccc2nc(NC(=O)c3ccccc3-c3ccc(C(F)(F)F)cc3)ccc2c1)c1ccccc1. The third kappa shape index (κ3) is 9.09. The van der Waals surface area contributed by atoms with Crippen molar-refractivity contribution in [2.75, 3.05) is 5.32 Å². The molecule has 2 N–H and O–H groups in total. The summed E-state index contributed by atoms with van der Waals surface area (Å²) in [7, 11) is 0. The number of rotatable bonds is 14. The van der Waals surface area contributed by atoms with Crippen molar-refractivity contribution in [3.63, 3.8) is 0 Å². The summed E-state index contributed by atoms with van der Waals surface area (Å²) in [6, 6.07) is 30.1. The van der Waals surface area contributed by atoms with Crippen LogP contribution >= 0.6 is 0 Å². The lowest BCUT2D eigenvalue weighted by molar-refractivity contribution is -0.137. The van der Waals surface area contributed by atoms with Gasteiger partial charge < -0.3 is 10.6 Å². The first-order valence-electron chi connectivity index (χ1n) is 16.6. The summed E-state index contributed by atoms with van der Waals surface area (Å²) in [6.07, 6.45) is 4.85. The zero-order valence-electron chi connectivity index (χ0n) is 27.0. The fraction of sp³-hybridized carbons (Fsp3) is 0.275. The van der Waals surface area contributed by atoms with E-state index in [2.05, 4.69) is 22.5 Å². The molecule has 2 amide bonds. The Morgan fingerprint density at radius 3 is 2.15 bits per heavy atom. The number of alkyl halides is 3. The molecular formula is C40H40F3N3O2. The van der Waals surface area contributed by atoms with E-state index in [1.807, 2.05) is 30.3 Å². The number of benzene rings is 4. The summed E-state index contributed by atoms with van der Waals surface area (Å²) in [4.78, 5) is 31.3. The molecule has 0 saturated carbocycles. The number of pyridine rings is 1. The molecule has 1 heterocycles. The molecule has 0 aliphatic carbocycles. The zero-order chi connectivity index (χ0) is 33.9. The third-order valence-corrected chi connectivity index (χ3v) is 8.49. The standard InChI is InChI=1S/C40H40F3N3O2/c1-2-3-4-5-6-7-11-18-35(29-14-9-8-10-15-29)45-38(47)31-21-25-36-30(27-31)22-26-37(44-36)46-39(48)34-17-13-12-16-33(34)28-19-23-32(24-20-28)40(41,42)43/h8-10,12-17,19-27,35H,2-7,11,18H2,1H3,(H,45,47)(H,44,46,48). The van der Waals surface area contributed by atoms with Gasteiger partial charge in [-0.05, 0) is 71.6 Å². The summed E-state index contributed by atoms with van der Waals surface area (Å²) >= 11 is 0. The number of aromatic nitrogens is 1. The van der Waals surface area contributed by atoms with E-state index in [4.69, 9.17) is 0 Å². The molecule has 48 heavy (non-hydrogen) atoms. The number of hydrogen-bond acceptors (Lipinski definition) is 3. The molecule has 0 aliphatic heterocycles. The molecule has 8 heteroatoms. The van der Waals surface area contributed by atoms with E-state index in [9.17, 15) is 22.8 Å². The number of unbranched alkanes of at least 4 members (excludes halogenated alkanes) is 6. The van der Waals surface area contributed by atoms with Gasteiger partial charge in [0, 0.05) is 16.5 Å². The first-order valence-corrected chi connectivity index (χ1v) is 16.6. The van der Waals surface area contributed by atoms with Gasteiger partial charge in [0.15, 0.2) is 0 Å². The Labute approximate surface area is 279 Å². The van der Waals surface area contributed by atoms with Gasteiger partial charge in [0.2, 0.25) is 0 Å². The van der Waals surface area contributed by atoms with Crippen LogP contribution in [-0.4, -0.2) is 16.8 Å². The van der Waals surface area contributed by atoms with Crippen molar-refractivity contribution >= 4 is 28.5 Å². The van der Waals surface area contributed by atoms with Crippen LogP contribution < -0.4 is 10.6 Å². The number of fused-ring (bicyclic) bond motifs is 1. The number of halogens is 3. The van der Waals surface area contributed by atoms with E-state index < -0.39 is 17.6 Å². The fourth-order valence-electron chi connectivity index (χ4n) is 5.85. The molecule has 4 aromatic carbocycles. The summed E-state index contributed by atoms with van der Waals surface area (Å²) < 4.78 is 39.2. The maximum atomic E-state index is 13.4. The highest BCUT2D eigenvalue weighted by molar-refractivity contribution is 6.08. The topological polar surface area (TPSA) is 71.1 Å². The average molecular weight is 652 g/mol. The summed E-state index contributed by atoms with van der Waals surface area (Å²) in [5.41, 5.74) is 2.74. The van der Waals surface area contributed by atoms with Crippen LogP contribution in [0.15, 0.2) is 109 Å². The second kappa shape index (κ2) is 16.2. The Kier molecular flexibility index (Phi) is 11.6. The molecule has 0 saturated heterocycles. The van der Waals surface area contributed by atoms with Crippen molar-refractivity contribution in [3.05, 3.63) is 131 Å². The molecule has 1 atom stereocenters. The van der Waals surface area contributed by atoms with Crippen LogP contribution in [0.3, 0.4) is 0 Å². The van der Waals surface area contributed by atoms with Gasteiger partial charge in [0.1, 0.15) is 5.82 Å². The summed E-state index contributed by atoms with van der Waals surface area (Å²) in [6.45, 7) is 2.22. The summed E-state index contributed by atoms with van der Waals surface area (Å²) in [5, 5.41) is 6.79. The number of anilines is 1. The molecule has 5 aromatic rings. The van der Waals surface area contributed by atoms with Crippen molar-refractivity contribution in [1.82, 2.24) is 10.3 Å². The predicted molar refractivity (Wildman–Crippen MR) is 186 cm³/mol. The lowest BCUT2D eigenvalue weighted by Gasteiger charge is -2.20. The number of amides is 2. The molecule has 5 rings (SSSR count). The minimum atomic E-state index is -4.45. The van der Waals surface area contributed by atoms with E-state index in [1.165, 1.54) is 44.2 Å². The Hall–Kier alpha value is -4.98. The average Bonchev–Trinajstić information content (AvgIpc) is 3.10. The first kappa shape index (κ1) is 34.4. The normalized spacial score (nSPS) is 12.1. The molecule has 0 bridgehead atoms. The van der Waals surface area contributed by atoms with Crippen molar-refractivity contribution < 1.29 is 22.8 Å². The number of carbonyl (C=O) groups is 2. The van der Waals surface area contributed by atoms with Crippen molar-refractivity contribution in [2.45, 2.75) is 70.5 Å². The maximum Gasteiger partial charge on any atom is 0.416 e. The Bertz CT molecular complexity index is 1820. The maximum absolute atomic E-state index is 13.4. The number of nitrogens with zero attached hydrogens (tertiary/aromatic N) is 1. The molecule has 0 spiro atoms. The molecule has 0 fully saturated rings. The van der Waals surface area contributed by atoms with Crippen LogP contribution in [0.2, 0.25) is 0 Å². The lowest BCUT2D eigenvalue weighted by Crippen LogP contribution is -2.28. The lowest BCUT2D eigenvalue weighted by atomic mass is 9.98. The van der Waals surface area contributed by atoms with Crippen molar-refractivity contribution in [2.24, 2.45) is 0 Å². The van der Waals surface area contributed by atoms with Crippen LogP contribution in [0.5, 0.6) is 0 Å². The first-order chi connectivity index (χ1) is 23.2. The van der Waals surface area contributed by atoms with Crippen molar-refractivity contribution in [1.29, 1.82) is 0 Å². The largest absolute Gasteiger partial charge is 0.416 e. The van der Waals surface area contributed by atoms with Crippen LogP contribution in [0.1, 0.15) is 96.2 Å². The second-order valence-corrected chi connectivity index (χ2v) is 12.0. The van der Waals surface area contributed by atoms with Gasteiger partial charge in [-0.3, -0.25) is 9.59 Å². The minimum Gasteiger partial charge on any atom is -0.345 e. The monoisotopic (exact) mass is 651 g/mol.